The van der Waals surface area contributed by atoms with Crippen LogP contribution in [0.15, 0.2) is 41.3 Å². The lowest BCUT2D eigenvalue weighted by Gasteiger charge is -2.18. The van der Waals surface area contributed by atoms with Crippen molar-refractivity contribution in [3.8, 4) is 5.75 Å². The highest BCUT2D eigenvalue weighted by Crippen LogP contribution is 2.27. The van der Waals surface area contributed by atoms with Gasteiger partial charge in [-0.05, 0) is 62.1 Å². The average molecular weight is 333 g/mol. The summed E-state index contributed by atoms with van der Waals surface area (Å²) in [5, 5.41) is 0. The van der Waals surface area contributed by atoms with Gasteiger partial charge in [-0.25, -0.2) is 13.1 Å². The van der Waals surface area contributed by atoms with E-state index in [4.69, 9.17) is 4.74 Å². The van der Waals surface area contributed by atoms with Gasteiger partial charge in [0.15, 0.2) is 0 Å². The van der Waals surface area contributed by atoms with Gasteiger partial charge in [-0.2, -0.15) is 0 Å². The molecule has 0 aliphatic rings. The average Bonchev–Trinajstić information content (AvgIpc) is 2.48. The van der Waals surface area contributed by atoms with Crippen LogP contribution >= 0.6 is 0 Å². The molecule has 0 heterocycles. The van der Waals surface area contributed by atoms with Crippen molar-refractivity contribution in [1.82, 2.24) is 4.72 Å². The standard InChI is InChI=1S/C18H23NO3S/c1-12-8-6-7-9-16(12)15(4)19-23(20,21)18-11-13(2)17(22-5)10-14(18)3/h6-11,15,19H,1-5H3/t15-/m0/s1. The molecule has 0 aliphatic carbocycles. The summed E-state index contributed by atoms with van der Waals surface area (Å²) in [5.74, 6) is 0.688. The van der Waals surface area contributed by atoms with E-state index in [-0.39, 0.29) is 10.9 Å². The van der Waals surface area contributed by atoms with E-state index in [1.165, 1.54) is 0 Å². The molecule has 0 spiro atoms. The molecule has 1 atom stereocenters. The Kier molecular flexibility index (Phi) is 5.12. The minimum Gasteiger partial charge on any atom is -0.496 e. The minimum atomic E-state index is -3.61. The Morgan fingerprint density at radius 1 is 1.00 bits per heavy atom. The summed E-state index contributed by atoms with van der Waals surface area (Å²) in [7, 11) is -2.03. The summed E-state index contributed by atoms with van der Waals surface area (Å²) < 4.78 is 33.5. The van der Waals surface area contributed by atoms with Crippen molar-refractivity contribution in [1.29, 1.82) is 0 Å². The second kappa shape index (κ2) is 6.72. The molecule has 0 radical (unpaired) electrons. The third kappa shape index (κ3) is 3.74. The van der Waals surface area contributed by atoms with Crippen LogP contribution in [0.3, 0.4) is 0 Å². The third-order valence-corrected chi connectivity index (χ3v) is 5.65. The van der Waals surface area contributed by atoms with E-state index in [1.54, 1.807) is 26.2 Å². The van der Waals surface area contributed by atoms with Crippen molar-refractivity contribution in [2.75, 3.05) is 7.11 Å². The van der Waals surface area contributed by atoms with Gasteiger partial charge in [0.05, 0.1) is 12.0 Å². The maximum atomic E-state index is 12.7. The van der Waals surface area contributed by atoms with E-state index in [9.17, 15) is 8.42 Å². The van der Waals surface area contributed by atoms with Crippen LogP contribution < -0.4 is 9.46 Å². The molecule has 2 aromatic carbocycles. The smallest absolute Gasteiger partial charge is 0.241 e. The molecule has 0 saturated carbocycles. The van der Waals surface area contributed by atoms with Gasteiger partial charge in [-0.3, -0.25) is 0 Å². The van der Waals surface area contributed by atoms with Gasteiger partial charge >= 0.3 is 0 Å². The Hall–Kier alpha value is -1.85. The van der Waals surface area contributed by atoms with Gasteiger partial charge in [0.1, 0.15) is 5.75 Å². The van der Waals surface area contributed by atoms with E-state index in [0.717, 1.165) is 16.7 Å². The lowest BCUT2D eigenvalue weighted by molar-refractivity contribution is 0.411. The Bertz CT molecular complexity index is 813. The lowest BCUT2D eigenvalue weighted by Crippen LogP contribution is -2.28. The van der Waals surface area contributed by atoms with Gasteiger partial charge in [-0.1, -0.05) is 24.3 Å². The van der Waals surface area contributed by atoms with Crippen molar-refractivity contribution in [2.45, 2.75) is 38.6 Å². The predicted octanol–water partition coefficient (Wildman–Crippen LogP) is 3.66. The zero-order valence-corrected chi connectivity index (χ0v) is 15.0. The van der Waals surface area contributed by atoms with Crippen LogP contribution in [-0.4, -0.2) is 15.5 Å². The van der Waals surface area contributed by atoms with Crippen LogP contribution in [0.1, 0.15) is 35.2 Å². The van der Waals surface area contributed by atoms with Crippen molar-refractivity contribution in [3.63, 3.8) is 0 Å². The fourth-order valence-electron chi connectivity index (χ4n) is 2.70. The molecule has 0 unspecified atom stereocenters. The molecule has 4 nitrogen and oxygen atoms in total. The molecule has 2 rings (SSSR count). The van der Waals surface area contributed by atoms with E-state index in [1.807, 2.05) is 45.0 Å². The predicted molar refractivity (Wildman–Crippen MR) is 92.4 cm³/mol. The Morgan fingerprint density at radius 3 is 2.26 bits per heavy atom. The highest BCUT2D eigenvalue weighted by molar-refractivity contribution is 7.89. The van der Waals surface area contributed by atoms with E-state index >= 15 is 0 Å². The van der Waals surface area contributed by atoms with Crippen LogP contribution in [-0.2, 0) is 10.0 Å². The molecule has 124 valence electrons. The molecule has 0 amide bonds. The number of rotatable bonds is 5. The number of nitrogens with one attached hydrogen (secondary N) is 1. The van der Waals surface area contributed by atoms with Crippen LogP contribution in [0.4, 0.5) is 0 Å². The maximum Gasteiger partial charge on any atom is 0.241 e. The highest BCUT2D eigenvalue weighted by atomic mass is 32.2. The fraction of sp³-hybridized carbons (Fsp3) is 0.333. The number of hydrogen-bond donors (Lipinski definition) is 1. The van der Waals surface area contributed by atoms with Crippen LogP contribution in [0.5, 0.6) is 5.75 Å². The summed E-state index contributed by atoms with van der Waals surface area (Å²) in [6.45, 7) is 7.44. The van der Waals surface area contributed by atoms with E-state index < -0.39 is 10.0 Å². The van der Waals surface area contributed by atoms with Gasteiger partial charge in [0, 0.05) is 6.04 Å². The topological polar surface area (TPSA) is 55.4 Å². The van der Waals surface area contributed by atoms with Crippen molar-refractivity contribution in [3.05, 3.63) is 58.7 Å². The first-order valence-electron chi connectivity index (χ1n) is 7.49. The van der Waals surface area contributed by atoms with Crippen molar-refractivity contribution in [2.24, 2.45) is 0 Å². The SMILES string of the molecule is COc1cc(C)c(S(=O)(=O)N[C@@H](C)c2ccccc2C)cc1C. The van der Waals surface area contributed by atoms with Gasteiger partial charge in [0.2, 0.25) is 10.0 Å². The zero-order valence-electron chi connectivity index (χ0n) is 14.2. The second-order valence-electron chi connectivity index (χ2n) is 5.79. The summed E-state index contributed by atoms with van der Waals surface area (Å²) in [6.07, 6.45) is 0. The van der Waals surface area contributed by atoms with Gasteiger partial charge < -0.3 is 4.74 Å². The number of ether oxygens (including phenoxy) is 1. The first-order chi connectivity index (χ1) is 10.8. The van der Waals surface area contributed by atoms with Crippen molar-refractivity contribution >= 4 is 10.0 Å². The Balaban J connectivity index is 2.36. The zero-order chi connectivity index (χ0) is 17.2. The van der Waals surface area contributed by atoms with Crippen LogP contribution in [0.25, 0.3) is 0 Å². The van der Waals surface area contributed by atoms with Crippen molar-refractivity contribution < 1.29 is 13.2 Å². The summed E-state index contributed by atoms with van der Waals surface area (Å²) >= 11 is 0. The van der Waals surface area contributed by atoms with Gasteiger partial charge in [0.25, 0.3) is 0 Å². The second-order valence-corrected chi connectivity index (χ2v) is 7.47. The molecular formula is C18H23NO3S. The van der Waals surface area contributed by atoms with E-state index in [0.29, 0.717) is 11.3 Å². The molecule has 0 aromatic heterocycles. The summed E-state index contributed by atoms with van der Waals surface area (Å²) in [6, 6.07) is 10.9. The summed E-state index contributed by atoms with van der Waals surface area (Å²) in [5.41, 5.74) is 3.49. The number of aryl methyl sites for hydroxylation is 3. The highest BCUT2D eigenvalue weighted by Gasteiger charge is 2.22. The minimum absolute atomic E-state index is 0.288. The normalized spacial score (nSPS) is 12.9. The molecule has 1 N–H and O–H groups in total. The van der Waals surface area contributed by atoms with Crippen LogP contribution in [0.2, 0.25) is 0 Å². The molecule has 5 heteroatoms. The molecule has 2 aromatic rings. The Morgan fingerprint density at radius 2 is 1.65 bits per heavy atom. The Labute approximate surface area is 138 Å². The molecular weight excluding hydrogens is 310 g/mol. The maximum absolute atomic E-state index is 12.7. The molecule has 0 aliphatic heterocycles. The van der Waals surface area contributed by atoms with Gasteiger partial charge in [-0.15, -0.1) is 0 Å². The molecule has 0 saturated heterocycles. The largest absolute Gasteiger partial charge is 0.496 e. The third-order valence-electron chi connectivity index (χ3n) is 3.97. The number of benzene rings is 2. The number of methoxy groups -OCH3 is 1. The molecule has 23 heavy (non-hydrogen) atoms. The quantitative estimate of drug-likeness (QED) is 0.908. The van der Waals surface area contributed by atoms with Crippen LogP contribution in [0, 0.1) is 20.8 Å². The molecule has 0 fully saturated rings. The number of sulfonamides is 1. The number of hydrogen-bond acceptors (Lipinski definition) is 3. The first kappa shape index (κ1) is 17.5. The van der Waals surface area contributed by atoms with E-state index in [2.05, 4.69) is 4.72 Å². The monoisotopic (exact) mass is 333 g/mol. The first-order valence-corrected chi connectivity index (χ1v) is 8.97. The lowest BCUT2D eigenvalue weighted by atomic mass is 10.0. The molecule has 0 bridgehead atoms. The fourth-order valence-corrected chi connectivity index (χ4v) is 4.24. The summed E-state index contributed by atoms with van der Waals surface area (Å²) in [4.78, 5) is 0.288.